The van der Waals surface area contributed by atoms with Crippen LogP contribution < -0.4 is 10.2 Å². The van der Waals surface area contributed by atoms with Gasteiger partial charge in [0.1, 0.15) is 11.6 Å². The van der Waals surface area contributed by atoms with E-state index in [1.807, 2.05) is 12.1 Å². The fourth-order valence-corrected chi connectivity index (χ4v) is 5.38. The lowest BCUT2D eigenvalue weighted by molar-refractivity contribution is 0.102. The number of nitrogens with zero attached hydrogens (tertiary/aromatic N) is 5. The van der Waals surface area contributed by atoms with Crippen molar-refractivity contribution in [2.75, 3.05) is 56.5 Å². The molecule has 0 spiro atoms. The van der Waals surface area contributed by atoms with Gasteiger partial charge in [0, 0.05) is 49.4 Å². The number of fused-ring (bicyclic) bond motifs is 1. The van der Waals surface area contributed by atoms with Crippen LogP contribution >= 0.6 is 0 Å². The number of piperazine rings is 1. The summed E-state index contributed by atoms with van der Waals surface area (Å²) < 4.78 is 30.2. The van der Waals surface area contributed by atoms with Gasteiger partial charge < -0.3 is 15.1 Å². The smallest absolute Gasteiger partial charge is 0.256 e. The van der Waals surface area contributed by atoms with Gasteiger partial charge in [0.15, 0.2) is 5.82 Å². The maximum Gasteiger partial charge on any atom is 0.256 e. The summed E-state index contributed by atoms with van der Waals surface area (Å²) in [5, 5.41) is 10.4. The van der Waals surface area contributed by atoms with Gasteiger partial charge in [-0.3, -0.25) is 19.8 Å². The molecule has 2 aromatic heterocycles. The van der Waals surface area contributed by atoms with E-state index in [0.29, 0.717) is 28.6 Å². The number of hydrogen-bond donors (Lipinski definition) is 2. The fraction of sp³-hybridized carbons (Fsp3) is 0.345. The largest absolute Gasteiger partial charge is 0.369 e. The third-order valence-corrected chi connectivity index (χ3v) is 7.64. The zero-order valence-electron chi connectivity index (χ0n) is 21.9. The number of carbonyl (C=O) groups excluding carboxylic acids is 1. The van der Waals surface area contributed by atoms with Crippen LogP contribution in [0.25, 0.3) is 22.2 Å². The van der Waals surface area contributed by atoms with E-state index in [-0.39, 0.29) is 23.0 Å². The summed E-state index contributed by atoms with van der Waals surface area (Å²) in [6.45, 7) is 6.30. The Morgan fingerprint density at radius 1 is 0.974 bits per heavy atom. The zero-order chi connectivity index (χ0) is 26.9. The van der Waals surface area contributed by atoms with Crippen molar-refractivity contribution in [3.63, 3.8) is 0 Å². The summed E-state index contributed by atoms with van der Waals surface area (Å²) in [5.74, 6) is -1.38. The number of halogens is 2. The minimum Gasteiger partial charge on any atom is -0.369 e. The second-order valence-electron chi connectivity index (χ2n) is 10.4. The Morgan fingerprint density at radius 3 is 2.36 bits per heavy atom. The quantitative estimate of drug-likeness (QED) is 0.381. The molecule has 2 fully saturated rings. The van der Waals surface area contributed by atoms with Crippen LogP contribution in [0, 0.1) is 11.6 Å². The molecular weight excluding hydrogens is 500 g/mol. The number of rotatable bonds is 6. The van der Waals surface area contributed by atoms with Crippen molar-refractivity contribution in [3.05, 3.63) is 71.4 Å². The molecule has 2 N–H and O–H groups in total. The fourth-order valence-electron chi connectivity index (χ4n) is 5.38. The molecule has 0 saturated carbocycles. The first kappa shape index (κ1) is 25.4. The van der Waals surface area contributed by atoms with Crippen LogP contribution in [0.4, 0.5) is 20.3 Å². The normalized spacial score (nSPS) is 16.7. The molecule has 39 heavy (non-hydrogen) atoms. The summed E-state index contributed by atoms with van der Waals surface area (Å²) in [7, 11) is 2.11. The monoisotopic (exact) mass is 531 g/mol. The zero-order valence-corrected chi connectivity index (χ0v) is 21.9. The van der Waals surface area contributed by atoms with Crippen LogP contribution in [0.15, 0.2) is 48.7 Å². The highest BCUT2D eigenvalue weighted by Crippen LogP contribution is 2.31. The van der Waals surface area contributed by atoms with E-state index in [1.54, 1.807) is 18.2 Å². The molecule has 4 aromatic rings. The average molecular weight is 532 g/mol. The molecule has 10 heteroatoms. The topological polar surface area (TPSA) is 80.4 Å². The molecule has 0 bridgehead atoms. The van der Waals surface area contributed by atoms with Crippen LogP contribution in [-0.2, 0) is 6.54 Å². The first-order valence-electron chi connectivity index (χ1n) is 13.3. The lowest BCUT2D eigenvalue weighted by Crippen LogP contribution is -2.44. The number of carbonyl (C=O) groups is 1. The molecule has 2 aliphatic heterocycles. The van der Waals surface area contributed by atoms with Gasteiger partial charge in [0.25, 0.3) is 5.91 Å². The lowest BCUT2D eigenvalue weighted by Gasteiger charge is -2.34. The van der Waals surface area contributed by atoms with Gasteiger partial charge in [0.2, 0.25) is 0 Å². The van der Waals surface area contributed by atoms with Gasteiger partial charge in [-0.1, -0.05) is 0 Å². The van der Waals surface area contributed by atoms with Crippen LogP contribution in [0.5, 0.6) is 0 Å². The van der Waals surface area contributed by atoms with Crippen molar-refractivity contribution in [1.82, 2.24) is 25.0 Å². The SMILES string of the molecule is CN1CCN(c2ccc(C(=O)Nc3n[nH]c4cnc(-c5c(F)cc(CN6CCCC6)cc5F)cc34)cc2)CC1. The third-order valence-electron chi connectivity index (χ3n) is 7.64. The van der Waals surface area contributed by atoms with E-state index < -0.39 is 11.6 Å². The van der Waals surface area contributed by atoms with Crippen molar-refractivity contribution < 1.29 is 13.6 Å². The Kier molecular flexibility index (Phi) is 6.97. The van der Waals surface area contributed by atoms with Crippen molar-refractivity contribution in [1.29, 1.82) is 0 Å². The summed E-state index contributed by atoms with van der Waals surface area (Å²) >= 11 is 0. The van der Waals surface area contributed by atoms with Crippen molar-refractivity contribution in [3.8, 4) is 11.3 Å². The van der Waals surface area contributed by atoms with Gasteiger partial charge in [-0.15, -0.1) is 0 Å². The standard InChI is InChI=1S/C29H31F2N7O/c1-36-10-12-38(13-11-36)21-6-4-20(5-7-21)29(39)33-28-22-16-25(32-17-26(22)34-35-28)27-23(30)14-19(15-24(27)31)18-37-8-2-3-9-37/h4-7,14-17H,2-3,8-13,18H2,1H3,(H2,33,34,35,39). The maximum atomic E-state index is 15.1. The third kappa shape index (κ3) is 5.35. The molecule has 6 rings (SSSR count). The molecule has 0 radical (unpaired) electrons. The predicted molar refractivity (Wildman–Crippen MR) is 148 cm³/mol. The van der Waals surface area contributed by atoms with E-state index in [9.17, 15) is 4.79 Å². The van der Waals surface area contributed by atoms with Gasteiger partial charge in [-0.05, 0) is 81.0 Å². The minimum absolute atomic E-state index is 0.138. The Morgan fingerprint density at radius 2 is 1.67 bits per heavy atom. The van der Waals surface area contributed by atoms with E-state index in [2.05, 4.69) is 42.2 Å². The highest BCUT2D eigenvalue weighted by Gasteiger charge is 2.20. The van der Waals surface area contributed by atoms with Crippen LogP contribution in [-0.4, -0.2) is 77.2 Å². The van der Waals surface area contributed by atoms with Crippen LogP contribution in [0.2, 0.25) is 0 Å². The number of amides is 1. The Bertz CT molecular complexity index is 1470. The van der Waals surface area contributed by atoms with Gasteiger partial charge >= 0.3 is 0 Å². The molecule has 8 nitrogen and oxygen atoms in total. The summed E-state index contributed by atoms with van der Waals surface area (Å²) in [6, 6.07) is 11.8. The molecule has 2 aliphatic rings. The molecule has 4 heterocycles. The number of aromatic amines is 1. The lowest BCUT2D eigenvalue weighted by atomic mass is 10.0. The molecule has 2 saturated heterocycles. The van der Waals surface area contributed by atoms with E-state index >= 15 is 8.78 Å². The Labute approximate surface area is 225 Å². The number of H-pyrrole nitrogens is 1. The average Bonchev–Trinajstić information content (AvgIpc) is 3.59. The number of aromatic nitrogens is 3. The first-order valence-corrected chi connectivity index (χ1v) is 13.3. The van der Waals surface area contributed by atoms with Gasteiger partial charge in [-0.25, -0.2) is 8.78 Å². The van der Waals surface area contributed by atoms with E-state index in [1.165, 1.54) is 18.3 Å². The minimum atomic E-state index is -0.662. The number of anilines is 2. The molecule has 0 unspecified atom stereocenters. The van der Waals surface area contributed by atoms with Crippen LogP contribution in [0.1, 0.15) is 28.8 Å². The molecule has 2 aromatic carbocycles. The summed E-state index contributed by atoms with van der Waals surface area (Å²) in [5.41, 5.74) is 2.66. The number of likely N-dealkylation sites (N-methyl/N-ethyl adjacent to an activating group) is 1. The molecular formula is C29H31F2N7O. The van der Waals surface area contributed by atoms with Gasteiger partial charge in [0.05, 0.1) is 23.0 Å². The van der Waals surface area contributed by atoms with Gasteiger partial charge in [-0.2, -0.15) is 5.10 Å². The predicted octanol–water partition coefficient (Wildman–Crippen LogP) is 4.50. The molecule has 1 amide bonds. The highest BCUT2D eigenvalue weighted by molar-refractivity contribution is 6.08. The highest BCUT2D eigenvalue weighted by atomic mass is 19.1. The number of pyridine rings is 1. The number of likely N-dealkylation sites (tertiary alicyclic amines) is 1. The van der Waals surface area contributed by atoms with Crippen LogP contribution in [0.3, 0.4) is 0 Å². The van der Waals surface area contributed by atoms with Crippen molar-refractivity contribution >= 4 is 28.3 Å². The summed E-state index contributed by atoms with van der Waals surface area (Å²) in [4.78, 5) is 24.0. The summed E-state index contributed by atoms with van der Waals surface area (Å²) in [6.07, 6.45) is 3.69. The second kappa shape index (κ2) is 10.7. The Balaban J connectivity index is 1.20. The maximum absolute atomic E-state index is 15.1. The molecule has 0 aliphatic carbocycles. The van der Waals surface area contributed by atoms with Crippen molar-refractivity contribution in [2.45, 2.75) is 19.4 Å². The number of hydrogen-bond acceptors (Lipinski definition) is 6. The number of nitrogens with one attached hydrogen (secondary N) is 2. The second-order valence-corrected chi connectivity index (χ2v) is 10.4. The van der Waals surface area contributed by atoms with E-state index in [4.69, 9.17) is 0 Å². The number of benzene rings is 2. The van der Waals surface area contributed by atoms with Crippen molar-refractivity contribution in [2.24, 2.45) is 0 Å². The first-order chi connectivity index (χ1) is 18.9. The molecule has 202 valence electrons. The molecule has 0 atom stereocenters. The van der Waals surface area contributed by atoms with E-state index in [0.717, 1.165) is 57.8 Å². The Hall–Kier alpha value is -3.89.